The van der Waals surface area contributed by atoms with Gasteiger partial charge in [-0.05, 0) is 50.8 Å². The molecule has 1 aromatic carbocycles. The van der Waals surface area contributed by atoms with Gasteiger partial charge in [-0.3, -0.25) is 9.78 Å². The smallest absolute Gasteiger partial charge is 0.170 e. The molecule has 202 valence electrons. The first-order chi connectivity index (χ1) is 17.7. The number of benzene rings is 1. The van der Waals surface area contributed by atoms with Crippen molar-refractivity contribution in [3.05, 3.63) is 41.6 Å². The maximum Gasteiger partial charge on any atom is 0.170 e. The van der Waals surface area contributed by atoms with Gasteiger partial charge >= 0.3 is 0 Å². The predicted molar refractivity (Wildman–Crippen MR) is 144 cm³/mol. The summed E-state index contributed by atoms with van der Waals surface area (Å²) in [7, 11) is 0. The molecule has 0 amide bonds. The summed E-state index contributed by atoms with van der Waals surface area (Å²) in [5, 5.41) is 8.45. The highest BCUT2D eigenvalue weighted by Crippen LogP contribution is 2.31. The van der Waals surface area contributed by atoms with Gasteiger partial charge in [0.15, 0.2) is 17.4 Å². The molecular formula is C29H40F2N4O2. The third-order valence-corrected chi connectivity index (χ3v) is 6.46. The lowest BCUT2D eigenvalue weighted by atomic mass is 10.0. The molecule has 0 N–H and O–H groups in total. The Balaban J connectivity index is 0.000000403. The van der Waals surface area contributed by atoms with Gasteiger partial charge in [0.2, 0.25) is 0 Å². The van der Waals surface area contributed by atoms with E-state index in [2.05, 4.69) is 36.1 Å². The summed E-state index contributed by atoms with van der Waals surface area (Å²) in [6.07, 6.45) is 10.7. The highest BCUT2D eigenvalue weighted by atomic mass is 19.2. The monoisotopic (exact) mass is 514 g/mol. The Morgan fingerprint density at radius 1 is 1.03 bits per heavy atom. The Bertz CT molecular complexity index is 1180. The van der Waals surface area contributed by atoms with Crippen molar-refractivity contribution >= 4 is 22.6 Å². The quantitative estimate of drug-likeness (QED) is 0.271. The summed E-state index contributed by atoms with van der Waals surface area (Å²) in [4.78, 5) is 25.5. The molecule has 0 unspecified atom stereocenters. The zero-order valence-corrected chi connectivity index (χ0v) is 23.0. The van der Waals surface area contributed by atoms with E-state index < -0.39 is 17.4 Å². The lowest BCUT2D eigenvalue weighted by Gasteiger charge is -2.16. The predicted octanol–water partition coefficient (Wildman–Crippen LogP) is 7.91. The van der Waals surface area contributed by atoms with Crippen LogP contribution in [0.1, 0.15) is 109 Å². The molecule has 8 heteroatoms. The van der Waals surface area contributed by atoms with Crippen molar-refractivity contribution in [3.8, 4) is 11.3 Å². The van der Waals surface area contributed by atoms with Crippen LogP contribution in [0.3, 0.4) is 0 Å². The number of aromatic nitrogens is 4. The number of halogens is 2. The topological polar surface area (TPSA) is 77.7 Å². The SMILES string of the molecule is CCC(C)=O.CCC1CC1.CCCC(CCC)n1nnc2cc(-c3ccc(C(C)=O)c(F)c3F)ncc21. The number of ketones is 2. The van der Waals surface area contributed by atoms with Crippen LogP contribution in [0, 0.1) is 17.6 Å². The largest absolute Gasteiger partial charge is 0.300 e. The van der Waals surface area contributed by atoms with Crippen molar-refractivity contribution in [2.75, 3.05) is 0 Å². The second-order valence-corrected chi connectivity index (χ2v) is 9.58. The van der Waals surface area contributed by atoms with Crippen molar-refractivity contribution in [3.63, 3.8) is 0 Å². The fourth-order valence-corrected chi connectivity index (χ4v) is 3.86. The molecule has 1 saturated carbocycles. The van der Waals surface area contributed by atoms with Crippen LogP contribution in [0.15, 0.2) is 24.4 Å². The fourth-order valence-electron chi connectivity index (χ4n) is 3.86. The number of fused-ring (bicyclic) bond motifs is 1. The van der Waals surface area contributed by atoms with Crippen molar-refractivity contribution < 1.29 is 18.4 Å². The molecule has 3 aromatic rings. The Morgan fingerprint density at radius 2 is 1.65 bits per heavy atom. The summed E-state index contributed by atoms with van der Waals surface area (Å²) < 4.78 is 30.4. The number of pyridine rings is 1. The minimum atomic E-state index is -1.16. The van der Waals surface area contributed by atoms with Gasteiger partial charge in [0.1, 0.15) is 16.8 Å². The van der Waals surface area contributed by atoms with Crippen LogP contribution in [0.2, 0.25) is 0 Å². The minimum Gasteiger partial charge on any atom is -0.300 e. The lowest BCUT2D eigenvalue weighted by Crippen LogP contribution is -2.10. The molecule has 0 radical (unpaired) electrons. The van der Waals surface area contributed by atoms with E-state index in [1.807, 2.05) is 11.6 Å². The minimum absolute atomic E-state index is 0.00684. The van der Waals surface area contributed by atoms with E-state index in [1.54, 1.807) is 19.2 Å². The molecule has 1 aliphatic rings. The Hall–Kier alpha value is -3.03. The Kier molecular flexibility index (Phi) is 12.0. The van der Waals surface area contributed by atoms with Crippen LogP contribution in [-0.2, 0) is 4.79 Å². The van der Waals surface area contributed by atoms with Crippen molar-refractivity contribution in [2.24, 2.45) is 5.92 Å². The van der Waals surface area contributed by atoms with E-state index in [-0.39, 0.29) is 28.6 Å². The number of Topliss-reactive ketones (excluding diaryl/α,β-unsaturated/α-hetero) is 2. The molecule has 2 aromatic heterocycles. The lowest BCUT2D eigenvalue weighted by molar-refractivity contribution is -0.116. The maximum atomic E-state index is 14.4. The second-order valence-electron chi connectivity index (χ2n) is 9.58. The molecule has 0 bridgehead atoms. The average Bonchev–Trinajstić information content (AvgIpc) is 3.64. The molecule has 6 nitrogen and oxygen atoms in total. The van der Waals surface area contributed by atoms with E-state index in [4.69, 9.17) is 0 Å². The molecule has 0 spiro atoms. The number of carbonyl (C=O) groups is 2. The molecule has 0 saturated heterocycles. The van der Waals surface area contributed by atoms with Gasteiger partial charge in [0, 0.05) is 12.0 Å². The maximum absolute atomic E-state index is 14.4. The fraction of sp³-hybridized carbons (Fsp3) is 0.552. The van der Waals surface area contributed by atoms with E-state index in [1.165, 1.54) is 38.3 Å². The van der Waals surface area contributed by atoms with Crippen LogP contribution < -0.4 is 0 Å². The molecule has 1 fully saturated rings. The number of nitrogens with zero attached hydrogens (tertiary/aromatic N) is 4. The van der Waals surface area contributed by atoms with Crippen molar-refractivity contribution in [1.29, 1.82) is 0 Å². The van der Waals surface area contributed by atoms with Gasteiger partial charge < -0.3 is 4.79 Å². The second kappa shape index (κ2) is 14.6. The van der Waals surface area contributed by atoms with E-state index in [9.17, 15) is 18.4 Å². The van der Waals surface area contributed by atoms with Gasteiger partial charge in [0.05, 0.1) is 23.5 Å². The summed E-state index contributed by atoms with van der Waals surface area (Å²) in [6, 6.07) is 4.47. The zero-order chi connectivity index (χ0) is 27.5. The molecule has 0 atom stereocenters. The molecule has 4 rings (SSSR count). The molecule has 0 aliphatic heterocycles. The molecule has 2 heterocycles. The number of carbonyl (C=O) groups excluding carboxylic acids is 2. The average molecular weight is 515 g/mol. The number of hydrogen-bond acceptors (Lipinski definition) is 5. The summed E-state index contributed by atoms with van der Waals surface area (Å²) in [5.41, 5.74) is 1.32. The standard InChI is InChI=1S/C20H22F2N4O.C5H10.C4H8O/c1-4-6-13(7-5-2)26-18-11-23-16(10-17(18)24-25-26)15-9-8-14(12(3)27)19(21)20(15)22;1-2-5-3-4-5;1-3-4(2)5/h8-11,13H,4-7H2,1-3H3;5H,2-4H2,1H3;3H2,1-2H3. The van der Waals surface area contributed by atoms with Gasteiger partial charge in [-0.15, -0.1) is 5.10 Å². The van der Waals surface area contributed by atoms with Gasteiger partial charge in [-0.1, -0.05) is 65.0 Å². The van der Waals surface area contributed by atoms with Crippen LogP contribution in [0.25, 0.3) is 22.3 Å². The van der Waals surface area contributed by atoms with E-state index in [0.717, 1.165) is 37.1 Å². The first-order valence-electron chi connectivity index (χ1n) is 13.4. The van der Waals surface area contributed by atoms with Crippen molar-refractivity contribution in [1.82, 2.24) is 20.0 Å². The first-order valence-corrected chi connectivity index (χ1v) is 13.4. The third-order valence-electron chi connectivity index (χ3n) is 6.46. The van der Waals surface area contributed by atoms with Crippen LogP contribution in [0.4, 0.5) is 8.78 Å². The zero-order valence-electron chi connectivity index (χ0n) is 23.0. The van der Waals surface area contributed by atoms with Crippen LogP contribution >= 0.6 is 0 Å². The summed E-state index contributed by atoms with van der Waals surface area (Å²) in [6.45, 7) is 11.1. The van der Waals surface area contributed by atoms with E-state index >= 15 is 0 Å². The highest BCUT2D eigenvalue weighted by molar-refractivity contribution is 5.95. The Labute approximate surface area is 218 Å². The Morgan fingerprint density at radius 3 is 2.11 bits per heavy atom. The van der Waals surface area contributed by atoms with E-state index in [0.29, 0.717) is 11.9 Å². The van der Waals surface area contributed by atoms with Gasteiger partial charge in [-0.25, -0.2) is 13.5 Å². The molecule has 1 aliphatic carbocycles. The van der Waals surface area contributed by atoms with Gasteiger partial charge in [-0.2, -0.15) is 0 Å². The highest BCUT2D eigenvalue weighted by Gasteiger charge is 2.20. The normalized spacial score (nSPS) is 12.6. The first kappa shape index (κ1) is 30.2. The van der Waals surface area contributed by atoms with Crippen LogP contribution in [-0.4, -0.2) is 31.5 Å². The third kappa shape index (κ3) is 8.51. The van der Waals surface area contributed by atoms with Crippen molar-refractivity contribution in [2.45, 2.75) is 99.0 Å². The van der Waals surface area contributed by atoms with Crippen LogP contribution in [0.5, 0.6) is 0 Å². The summed E-state index contributed by atoms with van der Waals surface area (Å²) in [5.74, 6) is -1.38. The summed E-state index contributed by atoms with van der Waals surface area (Å²) >= 11 is 0. The number of rotatable bonds is 9. The molecule has 37 heavy (non-hydrogen) atoms. The van der Waals surface area contributed by atoms with Gasteiger partial charge in [0.25, 0.3) is 0 Å². The number of hydrogen-bond donors (Lipinski definition) is 0. The molecular weight excluding hydrogens is 474 g/mol.